The Morgan fingerprint density at radius 2 is 1.82 bits per heavy atom. The zero-order valence-electron chi connectivity index (χ0n) is 10.5. The van der Waals surface area contributed by atoms with Crippen LogP contribution in [0.15, 0.2) is 28.9 Å². The summed E-state index contributed by atoms with van der Waals surface area (Å²) >= 11 is 0. The van der Waals surface area contributed by atoms with Crippen LogP contribution in [-0.4, -0.2) is 4.98 Å². The van der Waals surface area contributed by atoms with E-state index in [-0.39, 0.29) is 6.04 Å². The smallest absolute Gasteiger partial charge is 0.191 e. The molecule has 17 heavy (non-hydrogen) atoms. The normalized spacial score (nSPS) is 12.7. The van der Waals surface area contributed by atoms with E-state index in [9.17, 15) is 0 Å². The molecule has 0 aliphatic carbocycles. The summed E-state index contributed by atoms with van der Waals surface area (Å²) in [6.07, 6.45) is 2.43. The molecule has 1 aromatic carbocycles. The third kappa shape index (κ3) is 2.94. The molecule has 0 aliphatic rings. The van der Waals surface area contributed by atoms with E-state index < -0.39 is 0 Å². The second-order valence-electron chi connectivity index (χ2n) is 4.60. The van der Waals surface area contributed by atoms with Gasteiger partial charge in [-0.15, -0.1) is 0 Å². The molecule has 3 heteroatoms. The van der Waals surface area contributed by atoms with Gasteiger partial charge in [0, 0.05) is 6.92 Å². The van der Waals surface area contributed by atoms with Gasteiger partial charge in [-0.05, 0) is 25.8 Å². The third-order valence-corrected chi connectivity index (χ3v) is 2.75. The Hall–Kier alpha value is -1.61. The Morgan fingerprint density at radius 3 is 2.35 bits per heavy atom. The van der Waals surface area contributed by atoms with Crippen molar-refractivity contribution >= 4 is 0 Å². The van der Waals surface area contributed by atoms with Crippen LogP contribution in [0, 0.1) is 20.8 Å². The summed E-state index contributed by atoms with van der Waals surface area (Å²) in [5.41, 5.74) is 10.7. The summed E-state index contributed by atoms with van der Waals surface area (Å²) in [7, 11) is 0. The lowest BCUT2D eigenvalue weighted by atomic mass is 10.0. The second-order valence-corrected chi connectivity index (χ2v) is 4.60. The van der Waals surface area contributed by atoms with Gasteiger partial charge < -0.3 is 10.2 Å². The highest BCUT2D eigenvalue weighted by Gasteiger charge is 2.11. The molecule has 0 saturated carbocycles. The zero-order valence-corrected chi connectivity index (χ0v) is 10.5. The molecule has 90 valence electrons. The predicted octanol–water partition coefficient (Wildman–Crippen LogP) is 2.84. The van der Waals surface area contributed by atoms with Gasteiger partial charge in [-0.1, -0.05) is 29.3 Å². The van der Waals surface area contributed by atoms with Gasteiger partial charge in [-0.3, -0.25) is 0 Å². The average molecular weight is 230 g/mol. The number of nitrogens with zero attached hydrogens (tertiary/aromatic N) is 1. The molecule has 0 aliphatic heterocycles. The second kappa shape index (κ2) is 4.72. The fraction of sp³-hybridized carbons (Fsp3) is 0.357. The molecule has 0 fully saturated rings. The van der Waals surface area contributed by atoms with Gasteiger partial charge >= 0.3 is 0 Å². The monoisotopic (exact) mass is 230 g/mol. The van der Waals surface area contributed by atoms with Crippen LogP contribution in [0.1, 0.15) is 34.3 Å². The van der Waals surface area contributed by atoms with Gasteiger partial charge in [-0.25, -0.2) is 4.98 Å². The first-order chi connectivity index (χ1) is 8.04. The molecule has 1 heterocycles. The standard InChI is InChI=1S/C14H18N2O/c1-9-4-10(2)6-12(5-9)7-13(15)14-8-17-11(3)16-14/h4-6,8,13H,7,15H2,1-3H3. The molecule has 0 bridgehead atoms. The predicted molar refractivity (Wildman–Crippen MR) is 67.8 cm³/mol. The fourth-order valence-corrected chi connectivity index (χ4v) is 2.10. The average Bonchev–Trinajstić information content (AvgIpc) is 2.63. The van der Waals surface area contributed by atoms with Crippen LogP contribution in [0.3, 0.4) is 0 Å². The van der Waals surface area contributed by atoms with Crippen LogP contribution >= 0.6 is 0 Å². The number of aryl methyl sites for hydroxylation is 3. The van der Waals surface area contributed by atoms with Crippen molar-refractivity contribution in [1.82, 2.24) is 4.98 Å². The zero-order chi connectivity index (χ0) is 12.4. The molecule has 0 amide bonds. The van der Waals surface area contributed by atoms with E-state index in [4.69, 9.17) is 10.2 Å². The van der Waals surface area contributed by atoms with Crippen molar-refractivity contribution in [3.63, 3.8) is 0 Å². The lowest BCUT2D eigenvalue weighted by Crippen LogP contribution is -2.14. The first-order valence-corrected chi connectivity index (χ1v) is 5.79. The van der Waals surface area contributed by atoms with Gasteiger partial charge in [0.2, 0.25) is 0 Å². The molecule has 1 atom stereocenters. The van der Waals surface area contributed by atoms with Crippen LogP contribution in [-0.2, 0) is 6.42 Å². The Balaban J connectivity index is 2.15. The molecule has 0 radical (unpaired) electrons. The molecule has 2 N–H and O–H groups in total. The van der Waals surface area contributed by atoms with Crippen molar-refractivity contribution in [1.29, 1.82) is 0 Å². The van der Waals surface area contributed by atoms with Crippen molar-refractivity contribution in [3.8, 4) is 0 Å². The fourth-order valence-electron chi connectivity index (χ4n) is 2.10. The maximum absolute atomic E-state index is 6.12. The summed E-state index contributed by atoms with van der Waals surface area (Å²) in [5, 5.41) is 0. The van der Waals surface area contributed by atoms with Crippen molar-refractivity contribution < 1.29 is 4.42 Å². The molecule has 2 rings (SSSR count). The number of rotatable bonds is 3. The highest BCUT2D eigenvalue weighted by Crippen LogP contribution is 2.17. The first kappa shape index (κ1) is 11.9. The molecule has 0 spiro atoms. The van der Waals surface area contributed by atoms with E-state index in [1.807, 2.05) is 6.92 Å². The minimum atomic E-state index is -0.103. The van der Waals surface area contributed by atoms with Crippen molar-refractivity contribution in [3.05, 3.63) is 52.7 Å². The number of oxazole rings is 1. The van der Waals surface area contributed by atoms with Crippen molar-refractivity contribution in [2.75, 3.05) is 0 Å². The lowest BCUT2D eigenvalue weighted by molar-refractivity contribution is 0.519. The third-order valence-electron chi connectivity index (χ3n) is 2.75. The molecular formula is C14H18N2O. The highest BCUT2D eigenvalue weighted by atomic mass is 16.3. The molecule has 1 unspecified atom stereocenters. The number of nitrogens with two attached hydrogens (primary N) is 1. The summed E-state index contributed by atoms with van der Waals surface area (Å²) in [6.45, 7) is 6.03. The van der Waals surface area contributed by atoms with Crippen LogP contribution in [0.4, 0.5) is 0 Å². The van der Waals surface area contributed by atoms with Gasteiger partial charge in [-0.2, -0.15) is 0 Å². The van der Waals surface area contributed by atoms with Gasteiger partial charge in [0.05, 0.1) is 11.7 Å². The minimum Gasteiger partial charge on any atom is -0.449 e. The summed E-state index contributed by atoms with van der Waals surface area (Å²) in [5.74, 6) is 0.663. The van der Waals surface area contributed by atoms with E-state index in [2.05, 4.69) is 37.0 Å². The Bertz CT molecular complexity index is 496. The minimum absolute atomic E-state index is 0.103. The number of hydrogen-bond acceptors (Lipinski definition) is 3. The Kier molecular flexibility index (Phi) is 3.29. The van der Waals surface area contributed by atoms with E-state index in [1.165, 1.54) is 16.7 Å². The topological polar surface area (TPSA) is 52.0 Å². The van der Waals surface area contributed by atoms with E-state index in [1.54, 1.807) is 6.26 Å². The molecule has 2 aromatic rings. The number of aromatic nitrogens is 1. The molecule has 3 nitrogen and oxygen atoms in total. The van der Waals surface area contributed by atoms with Gasteiger partial charge in [0.15, 0.2) is 5.89 Å². The van der Waals surface area contributed by atoms with Crippen molar-refractivity contribution in [2.45, 2.75) is 33.2 Å². The summed E-state index contributed by atoms with van der Waals surface area (Å²) in [6, 6.07) is 6.39. The van der Waals surface area contributed by atoms with E-state index >= 15 is 0 Å². The summed E-state index contributed by atoms with van der Waals surface area (Å²) in [4.78, 5) is 4.26. The Morgan fingerprint density at radius 1 is 1.18 bits per heavy atom. The van der Waals surface area contributed by atoms with Crippen LogP contribution in [0.5, 0.6) is 0 Å². The largest absolute Gasteiger partial charge is 0.449 e. The van der Waals surface area contributed by atoms with Crippen LogP contribution in [0.25, 0.3) is 0 Å². The number of benzene rings is 1. The SMILES string of the molecule is Cc1cc(C)cc(CC(N)c2coc(C)n2)c1. The quantitative estimate of drug-likeness (QED) is 0.882. The van der Waals surface area contributed by atoms with Gasteiger partial charge in [0.25, 0.3) is 0 Å². The van der Waals surface area contributed by atoms with Crippen LogP contribution in [0.2, 0.25) is 0 Å². The maximum atomic E-state index is 6.12. The molecular weight excluding hydrogens is 212 g/mol. The van der Waals surface area contributed by atoms with Gasteiger partial charge in [0.1, 0.15) is 6.26 Å². The first-order valence-electron chi connectivity index (χ1n) is 5.79. The highest BCUT2D eigenvalue weighted by molar-refractivity contribution is 5.29. The van der Waals surface area contributed by atoms with E-state index in [0.717, 1.165) is 12.1 Å². The Labute approximate surface area is 102 Å². The number of hydrogen-bond donors (Lipinski definition) is 1. The molecule has 0 saturated heterocycles. The maximum Gasteiger partial charge on any atom is 0.191 e. The lowest BCUT2D eigenvalue weighted by Gasteiger charge is -2.10. The summed E-state index contributed by atoms with van der Waals surface area (Å²) < 4.78 is 5.18. The van der Waals surface area contributed by atoms with Crippen LogP contribution < -0.4 is 5.73 Å². The molecule has 1 aromatic heterocycles. The van der Waals surface area contributed by atoms with E-state index in [0.29, 0.717) is 5.89 Å². The van der Waals surface area contributed by atoms with Crippen molar-refractivity contribution in [2.24, 2.45) is 5.73 Å².